The molecule has 0 aliphatic carbocycles. The van der Waals surface area contributed by atoms with Crippen LogP contribution in [0.2, 0.25) is 0 Å². The van der Waals surface area contributed by atoms with Gasteiger partial charge in [0.2, 0.25) is 0 Å². The fraction of sp³-hybridized carbons (Fsp3) is 0.214. The molecule has 0 aliphatic rings. The predicted octanol–water partition coefficient (Wildman–Crippen LogP) is 3.83. The molecule has 0 radical (unpaired) electrons. The summed E-state index contributed by atoms with van der Waals surface area (Å²) in [5.41, 5.74) is 2.03. The van der Waals surface area contributed by atoms with E-state index in [0.717, 1.165) is 11.3 Å². The molecular formula is C14H17N. The molecule has 1 rings (SSSR count). The Hall–Kier alpha value is -1.63. The highest BCUT2D eigenvalue weighted by atomic mass is 14.7. The van der Waals surface area contributed by atoms with Crippen molar-refractivity contribution >= 4 is 6.21 Å². The lowest BCUT2D eigenvalue weighted by molar-refractivity contribution is 0.824. The Morgan fingerprint density at radius 3 is 2.47 bits per heavy atom. The van der Waals surface area contributed by atoms with Crippen molar-refractivity contribution in [2.45, 2.75) is 13.8 Å². The Kier molecular flexibility index (Phi) is 4.55. The van der Waals surface area contributed by atoms with Crippen LogP contribution in [0.5, 0.6) is 0 Å². The van der Waals surface area contributed by atoms with Crippen LogP contribution in [0.15, 0.2) is 59.8 Å². The first-order valence-corrected chi connectivity index (χ1v) is 5.15. The normalized spacial score (nSPS) is 12.3. The van der Waals surface area contributed by atoms with Crippen molar-refractivity contribution in [1.82, 2.24) is 0 Å². The van der Waals surface area contributed by atoms with Crippen molar-refractivity contribution in [3.63, 3.8) is 0 Å². The summed E-state index contributed by atoms with van der Waals surface area (Å²) in [6, 6.07) is 10.1. The lowest BCUT2D eigenvalue weighted by atomic mass is 10.2. The first-order valence-electron chi connectivity index (χ1n) is 5.15. The molecule has 0 amide bonds. The van der Waals surface area contributed by atoms with E-state index in [1.54, 1.807) is 6.08 Å². The molecule has 0 unspecified atom stereocenters. The predicted molar refractivity (Wildman–Crippen MR) is 67.2 cm³/mol. The van der Waals surface area contributed by atoms with E-state index in [1.165, 1.54) is 0 Å². The quantitative estimate of drug-likeness (QED) is 0.516. The Bertz CT molecular complexity index is 358. The molecule has 1 nitrogen and oxygen atoms in total. The second kappa shape index (κ2) is 5.97. The van der Waals surface area contributed by atoms with Gasteiger partial charge in [0.15, 0.2) is 0 Å². The van der Waals surface area contributed by atoms with Crippen LogP contribution in [0.1, 0.15) is 19.4 Å². The van der Waals surface area contributed by atoms with E-state index < -0.39 is 0 Å². The molecule has 0 heterocycles. The maximum absolute atomic E-state index is 4.37. The van der Waals surface area contributed by atoms with E-state index >= 15 is 0 Å². The van der Waals surface area contributed by atoms with Gasteiger partial charge in [-0.3, -0.25) is 4.99 Å². The van der Waals surface area contributed by atoms with Crippen LogP contribution >= 0.6 is 0 Å². The van der Waals surface area contributed by atoms with Crippen molar-refractivity contribution in [2.24, 2.45) is 10.9 Å². The number of hydrogen-bond donors (Lipinski definition) is 0. The molecule has 15 heavy (non-hydrogen) atoms. The number of rotatable bonds is 4. The summed E-state index contributed by atoms with van der Waals surface area (Å²) in [6.45, 7) is 8.00. The van der Waals surface area contributed by atoms with Crippen LogP contribution in [0.4, 0.5) is 0 Å². The fourth-order valence-corrected chi connectivity index (χ4v) is 1.19. The SMILES string of the molecule is C=CC(=C\C(C)C)/N=C/c1ccccc1. The lowest BCUT2D eigenvalue weighted by Gasteiger charge is -1.97. The number of hydrogen-bond acceptors (Lipinski definition) is 1. The molecule has 0 spiro atoms. The first kappa shape index (κ1) is 11.4. The summed E-state index contributed by atoms with van der Waals surface area (Å²) in [4.78, 5) is 4.37. The molecule has 1 aromatic carbocycles. The molecule has 0 aromatic heterocycles. The maximum atomic E-state index is 4.37. The standard InChI is InChI=1S/C14H17N/c1-4-14(10-12(2)3)15-11-13-8-6-5-7-9-13/h4-12H,1H2,2-3H3/b14-10+,15-11+. The van der Waals surface area contributed by atoms with Gasteiger partial charge in [-0.2, -0.15) is 0 Å². The molecule has 1 heteroatoms. The zero-order valence-electron chi connectivity index (χ0n) is 9.35. The van der Waals surface area contributed by atoms with Crippen molar-refractivity contribution in [1.29, 1.82) is 0 Å². The van der Waals surface area contributed by atoms with Crippen LogP contribution in [0.3, 0.4) is 0 Å². The minimum Gasteiger partial charge on any atom is -0.257 e. The summed E-state index contributed by atoms with van der Waals surface area (Å²) in [6.07, 6.45) is 5.72. The molecule has 1 aromatic rings. The Labute approximate surface area is 91.9 Å². The summed E-state index contributed by atoms with van der Waals surface area (Å²) < 4.78 is 0. The van der Waals surface area contributed by atoms with E-state index in [4.69, 9.17) is 0 Å². The number of allylic oxidation sites excluding steroid dienone is 2. The molecule has 78 valence electrons. The van der Waals surface area contributed by atoms with Crippen LogP contribution in [-0.2, 0) is 0 Å². The fourth-order valence-electron chi connectivity index (χ4n) is 1.19. The third-order valence-corrected chi connectivity index (χ3v) is 1.88. The molecule has 0 fully saturated rings. The molecule has 0 N–H and O–H groups in total. The van der Waals surface area contributed by atoms with Gasteiger partial charge >= 0.3 is 0 Å². The molecule has 0 aliphatic heterocycles. The van der Waals surface area contributed by atoms with Crippen molar-refractivity contribution in [2.75, 3.05) is 0 Å². The highest BCUT2D eigenvalue weighted by Gasteiger charge is 1.90. The summed E-state index contributed by atoms with van der Waals surface area (Å²) in [5.74, 6) is 0.492. The van der Waals surface area contributed by atoms with E-state index in [0.29, 0.717) is 5.92 Å². The second-order valence-corrected chi connectivity index (χ2v) is 3.71. The smallest absolute Gasteiger partial charge is 0.0586 e. The van der Waals surface area contributed by atoms with Crippen LogP contribution in [0, 0.1) is 5.92 Å². The van der Waals surface area contributed by atoms with Gasteiger partial charge in [-0.1, -0.05) is 56.8 Å². The first-order chi connectivity index (χ1) is 7.22. The molecular weight excluding hydrogens is 182 g/mol. The van der Waals surface area contributed by atoms with Gasteiger partial charge < -0.3 is 0 Å². The summed E-state index contributed by atoms with van der Waals surface area (Å²) in [5, 5.41) is 0. The largest absolute Gasteiger partial charge is 0.257 e. The van der Waals surface area contributed by atoms with Gasteiger partial charge in [-0.25, -0.2) is 0 Å². The average Bonchev–Trinajstić information content (AvgIpc) is 2.25. The van der Waals surface area contributed by atoms with Gasteiger partial charge in [0, 0.05) is 6.21 Å². The van der Waals surface area contributed by atoms with Gasteiger partial charge in [0.1, 0.15) is 0 Å². The number of aliphatic imine (C=N–C) groups is 1. The average molecular weight is 199 g/mol. The highest BCUT2D eigenvalue weighted by molar-refractivity contribution is 5.80. The highest BCUT2D eigenvalue weighted by Crippen LogP contribution is 2.05. The Balaban J connectivity index is 2.76. The Morgan fingerprint density at radius 2 is 1.93 bits per heavy atom. The number of benzene rings is 1. The molecule has 0 saturated heterocycles. The Morgan fingerprint density at radius 1 is 1.27 bits per heavy atom. The molecule has 0 atom stereocenters. The summed E-state index contributed by atoms with van der Waals surface area (Å²) >= 11 is 0. The van der Waals surface area contributed by atoms with Gasteiger partial charge in [0.05, 0.1) is 5.70 Å². The minimum atomic E-state index is 0.492. The van der Waals surface area contributed by atoms with Crippen molar-refractivity contribution < 1.29 is 0 Å². The van der Waals surface area contributed by atoms with E-state index in [2.05, 4.69) is 31.5 Å². The number of nitrogens with zero attached hydrogens (tertiary/aromatic N) is 1. The van der Waals surface area contributed by atoms with Gasteiger partial charge in [-0.05, 0) is 17.6 Å². The third kappa shape index (κ3) is 4.41. The van der Waals surface area contributed by atoms with Gasteiger partial charge in [0.25, 0.3) is 0 Å². The topological polar surface area (TPSA) is 12.4 Å². The van der Waals surface area contributed by atoms with Crippen molar-refractivity contribution in [3.05, 3.63) is 60.3 Å². The second-order valence-electron chi connectivity index (χ2n) is 3.71. The van der Waals surface area contributed by atoms with Crippen LogP contribution < -0.4 is 0 Å². The van der Waals surface area contributed by atoms with Crippen molar-refractivity contribution in [3.8, 4) is 0 Å². The van der Waals surface area contributed by atoms with Crippen LogP contribution in [-0.4, -0.2) is 6.21 Å². The van der Waals surface area contributed by atoms with Gasteiger partial charge in [-0.15, -0.1) is 0 Å². The molecule has 0 bridgehead atoms. The summed E-state index contributed by atoms with van der Waals surface area (Å²) in [7, 11) is 0. The van der Waals surface area contributed by atoms with E-state index in [-0.39, 0.29) is 0 Å². The lowest BCUT2D eigenvalue weighted by Crippen LogP contribution is -1.84. The zero-order chi connectivity index (χ0) is 11.1. The van der Waals surface area contributed by atoms with Crippen LogP contribution in [0.25, 0.3) is 0 Å². The monoisotopic (exact) mass is 199 g/mol. The molecule has 0 saturated carbocycles. The zero-order valence-corrected chi connectivity index (χ0v) is 9.35. The maximum Gasteiger partial charge on any atom is 0.0586 e. The van der Waals surface area contributed by atoms with E-state index in [1.807, 2.05) is 36.5 Å². The minimum absolute atomic E-state index is 0.492. The third-order valence-electron chi connectivity index (χ3n) is 1.88. The van der Waals surface area contributed by atoms with E-state index in [9.17, 15) is 0 Å².